The molecule has 4 N–H and O–H groups in total. The molecule has 0 bridgehead atoms. The Balaban J connectivity index is 2.29. The van der Waals surface area contributed by atoms with E-state index in [1.165, 1.54) is 0 Å². The van der Waals surface area contributed by atoms with E-state index in [-0.39, 0.29) is 6.42 Å². The highest BCUT2D eigenvalue weighted by molar-refractivity contribution is 5.83. The molecule has 0 radical (unpaired) electrons. The Morgan fingerprint density at radius 1 is 0.862 bits per heavy atom. The summed E-state index contributed by atoms with van der Waals surface area (Å²) < 4.78 is 0. The summed E-state index contributed by atoms with van der Waals surface area (Å²) in [6, 6.07) is 26.0. The number of aliphatic carboxylic acids is 1. The van der Waals surface area contributed by atoms with Crippen LogP contribution in [0.3, 0.4) is 0 Å². The first kappa shape index (κ1) is 20.3. The molecule has 29 heavy (non-hydrogen) atoms. The number of carbonyl (C=O) groups excluding carboxylic acids is 1. The van der Waals surface area contributed by atoms with Crippen LogP contribution in [0.4, 0.5) is 0 Å². The minimum atomic E-state index is -1.16. The molecule has 5 nitrogen and oxygen atoms in total. The molecule has 3 aromatic rings. The maximum absolute atomic E-state index is 12.0. The van der Waals surface area contributed by atoms with Gasteiger partial charge in [-0.2, -0.15) is 0 Å². The predicted octanol–water partition coefficient (Wildman–Crippen LogP) is 3.21. The van der Waals surface area contributed by atoms with Gasteiger partial charge in [-0.15, -0.1) is 0 Å². The average Bonchev–Trinajstić information content (AvgIpc) is 2.73. The van der Waals surface area contributed by atoms with Gasteiger partial charge in [-0.25, -0.2) is 0 Å². The standard InChI is InChI=1S/C24H24N2O3/c1-17-12-14-20(15-13-17)24(18-8-4-2-5-9-18,19-10-6-3-7-11-19)26-21(23(28)29)16-22(25)27/h2-15,21,26H,16H2,1H3,(H2,25,27)(H,28,29)/t21-/m1/s1. The van der Waals surface area contributed by atoms with Gasteiger partial charge in [-0.3, -0.25) is 14.9 Å². The van der Waals surface area contributed by atoms with Gasteiger partial charge < -0.3 is 10.8 Å². The summed E-state index contributed by atoms with van der Waals surface area (Å²) in [6.45, 7) is 2.00. The Labute approximate surface area is 170 Å². The smallest absolute Gasteiger partial charge is 0.321 e. The number of rotatable bonds is 8. The van der Waals surface area contributed by atoms with Crippen molar-refractivity contribution in [2.75, 3.05) is 0 Å². The summed E-state index contributed by atoms with van der Waals surface area (Å²) in [5.41, 5.74) is 8.06. The zero-order chi connectivity index (χ0) is 20.9. The highest BCUT2D eigenvalue weighted by atomic mass is 16.4. The van der Waals surface area contributed by atoms with E-state index in [9.17, 15) is 14.7 Å². The molecule has 0 saturated carbocycles. The number of benzene rings is 3. The molecular formula is C24H24N2O3. The number of nitrogens with one attached hydrogen (secondary N) is 1. The molecule has 0 aromatic heterocycles. The molecule has 0 saturated heterocycles. The fourth-order valence-corrected chi connectivity index (χ4v) is 3.59. The first-order chi connectivity index (χ1) is 13.9. The molecule has 0 unspecified atom stereocenters. The molecule has 1 amide bonds. The van der Waals surface area contributed by atoms with Crippen molar-refractivity contribution < 1.29 is 14.7 Å². The summed E-state index contributed by atoms with van der Waals surface area (Å²) in [5, 5.41) is 13.1. The van der Waals surface area contributed by atoms with Gasteiger partial charge in [-0.05, 0) is 23.6 Å². The number of hydrogen-bond donors (Lipinski definition) is 3. The lowest BCUT2D eigenvalue weighted by Gasteiger charge is -2.39. The van der Waals surface area contributed by atoms with Gasteiger partial charge >= 0.3 is 5.97 Å². The second kappa shape index (κ2) is 8.71. The minimum absolute atomic E-state index is 0.317. The van der Waals surface area contributed by atoms with Gasteiger partial charge in [0, 0.05) is 0 Å². The van der Waals surface area contributed by atoms with Crippen molar-refractivity contribution in [1.82, 2.24) is 5.32 Å². The predicted molar refractivity (Wildman–Crippen MR) is 112 cm³/mol. The molecule has 148 valence electrons. The first-order valence-corrected chi connectivity index (χ1v) is 9.40. The van der Waals surface area contributed by atoms with Crippen LogP contribution in [-0.4, -0.2) is 23.0 Å². The summed E-state index contributed by atoms with van der Waals surface area (Å²) in [7, 11) is 0. The van der Waals surface area contributed by atoms with Crippen molar-refractivity contribution in [2.45, 2.75) is 24.9 Å². The Morgan fingerprint density at radius 2 is 1.31 bits per heavy atom. The maximum atomic E-state index is 12.0. The minimum Gasteiger partial charge on any atom is -0.480 e. The number of hydrogen-bond acceptors (Lipinski definition) is 3. The third-order valence-corrected chi connectivity index (χ3v) is 4.99. The fraction of sp³-hybridized carbons (Fsp3) is 0.167. The Hall–Kier alpha value is -3.44. The van der Waals surface area contributed by atoms with Crippen LogP contribution in [0.1, 0.15) is 28.7 Å². The van der Waals surface area contributed by atoms with Crippen LogP contribution in [0.15, 0.2) is 84.9 Å². The van der Waals surface area contributed by atoms with Crippen LogP contribution < -0.4 is 11.1 Å². The SMILES string of the molecule is Cc1ccc(C(N[C@H](CC(N)=O)C(=O)O)(c2ccccc2)c2ccccc2)cc1. The average molecular weight is 388 g/mol. The van der Waals surface area contributed by atoms with E-state index in [4.69, 9.17) is 5.73 Å². The zero-order valence-electron chi connectivity index (χ0n) is 16.2. The largest absolute Gasteiger partial charge is 0.480 e. The third-order valence-electron chi connectivity index (χ3n) is 4.99. The lowest BCUT2D eigenvalue weighted by atomic mass is 9.76. The van der Waals surface area contributed by atoms with Crippen LogP contribution in [0.2, 0.25) is 0 Å². The van der Waals surface area contributed by atoms with Crippen LogP contribution >= 0.6 is 0 Å². The summed E-state index contributed by atoms with van der Waals surface area (Å²) in [4.78, 5) is 23.6. The van der Waals surface area contributed by atoms with Crippen LogP contribution in [0.25, 0.3) is 0 Å². The van der Waals surface area contributed by atoms with E-state index < -0.39 is 23.5 Å². The van der Waals surface area contributed by atoms with Crippen LogP contribution in [0, 0.1) is 6.92 Å². The van der Waals surface area contributed by atoms with Crippen molar-refractivity contribution in [2.24, 2.45) is 5.73 Å². The van der Waals surface area contributed by atoms with E-state index in [0.717, 1.165) is 22.3 Å². The van der Waals surface area contributed by atoms with Crippen molar-refractivity contribution in [3.05, 3.63) is 107 Å². The number of amides is 1. The first-order valence-electron chi connectivity index (χ1n) is 9.40. The van der Waals surface area contributed by atoms with Gasteiger partial charge in [0.2, 0.25) is 5.91 Å². The van der Waals surface area contributed by atoms with Gasteiger partial charge in [0.15, 0.2) is 0 Å². The number of aryl methyl sites for hydroxylation is 1. The van der Waals surface area contributed by atoms with E-state index in [1.807, 2.05) is 91.9 Å². The number of nitrogens with two attached hydrogens (primary N) is 1. The second-order valence-corrected chi connectivity index (χ2v) is 7.05. The fourth-order valence-electron chi connectivity index (χ4n) is 3.59. The van der Waals surface area contributed by atoms with E-state index >= 15 is 0 Å². The molecule has 0 spiro atoms. The zero-order valence-corrected chi connectivity index (χ0v) is 16.2. The quantitative estimate of drug-likeness (QED) is 0.517. The number of carboxylic acid groups (broad SMARTS) is 1. The van der Waals surface area contributed by atoms with E-state index in [2.05, 4.69) is 5.32 Å². The highest BCUT2D eigenvalue weighted by Crippen LogP contribution is 2.37. The second-order valence-electron chi connectivity index (χ2n) is 7.05. The molecule has 0 aliphatic heterocycles. The lowest BCUT2D eigenvalue weighted by Crippen LogP contribution is -2.53. The molecule has 0 aliphatic rings. The van der Waals surface area contributed by atoms with Crippen molar-refractivity contribution in [3.8, 4) is 0 Å². The van der Waals surface area contributed by atoms with Crippen molar-refractivity contribution >= 4 is 11.9 Å². The summed E-state index contributed by atoms with van der Waals surface area (Å²) >= 11 is 0. The maximum Gasteiger partial charge on any atom is 0.321 e. The molecule has 5 heteroatoms. The summed E-state index contributed by atoms with van der Waals surface area (Å²) in [5.74, 6) is -1.81. The van der Waals surface area contributed by atoms with Crippen LogP contribution in [0.5, 0.6) is 0 Å². The molecule has 3 aromatic carbocycles. The highest BCUT2D eigenvalue weighted by Gasteiger charge is 2.40. The van der Waals surface area contributed by atoms with Crippen molar-refractivity contribution in [1.29, 1.82) is 0 Å². The third kappa shape index (κ3) is 4.36. The molecule has 0 aliphatic carbocycles. The normalized spacial score (nSPS) is 12.3. The lowest BCUT2D eigenvalue weighted by molar-refractivity contribution is -0.141. The van der Waals surface area contributed by atoms with E-state index in [0.29, 0.717) is 0 Å². The van der Waals surface area contributed by atoms with E-state index in [1.54, 1.807) is 0 Å². The molecular weight excluding hydrogens is 364 g/mol. The Morgan fingerprint density at radius 3 is 1.72 bits per heavy atom. The monoisotopic (exact) mass is 388 g/mol. The van der Waals surface area contributed by atoms with Crippen molar-refractivity contribution in [3.63, 3.8) is 0 Å². The topological polar surface area (TPSA) is 92.4 Å². The molecule has 3 rings (SSSR count). The van der Waals surface area contributed by atoms with Gasteiger partial charge in [-0.1, -0.05) is 90.5 Å². The number of carbonyl (C=O) groups is 2. The Kier molecular flexibility index (Phi) is 6.10. The molecule has 0 fully saturated rings. The Bertz CT molecular complexity index is 931. The van der Waals surface area contributed by atoms with Gasteiger partial charge in [0.25, 0.3) is 0 Å². The summed E-state index contributed by atoms with van der Waals surface area (Å²) in [6.07, 6.45) is -0.317. The number of carboxylic acids is 1. The molecule has 1 atom stereocenters. The van der Waals surface area contributed by atoms with Gasteiger partial charge in [0.1, 0.15) is 6.04 Å². The number of primary amides is 1. The van der Waals surface area contributed by atoms with Crippen LogP contribution in [-0.2, 0) is 15.1 Å². The molecule has 0 heterocycles. The van der Waals surface area contributed by atoms with Gasteiger partial charge in [0.05, 0.1) is 12.0 Å².